The van der Waals surface area contributed by atoms with Gasteiger partial charge >= 0.3 is 6.01 Å². The first-order valence-electron chi connectivity index (χ1n) is 6.01. The number of nitrogens with two attached hydrogens (primary N) is 1. The number of hydrogen-bond acceptors (Lipinski definition) is 7. The fraction of sp³-hybridized carbons (Fsp3) is 0.727. The lowest BCUT2D eigenvalue weighted by molar-refractivity contribution is 0.196. The minimum Gasteiger partial charge on any atom is -0.463 e. The van der Waals surface area contributed by atoms with Crippen LogP contribution in [0.2, 0.25) is 0 Å². The lowest BCUT2D eigenvalue weighted by Gasteiger charge is -2.17. The van der Waals surface area contributed by atoms with Crippen LogP contribution in [-0.4, -0.2) is 48.9 Å². The third-order valence-corrected chi connectivity index (χ3v) is 2.24. The SMILES string of the molecule is CCCOc1nc(N)nc(N(C)CCCOC)n1. The van der Waals surface area contributed by atoms with Gasteiger partial charge in [-0.2, -0.15) is 15.0 Å². The second-order valence-electron chi connectivity index (χ2n) is 3.89. The van der Waals surface area contributed by atoms with Gasteiger partial charge in [-0.25, -0.2) is 0 Å². The van der Waals surface area contributed by atoms with Gasteiger partial charge in [-0.15, -0.1) is 0 Å². The Morgan fingerprint density at radius 3 is 2.67 bits per heavy atom. The molecule has 7 nitrogen and oxygen atoms in total. The Morgan fingerprint density at radius 2 is 2.00 bits per heavy atom. The predicted octanol–water partition coefficient (Wildman–Crippen LogP) is 0.715. The van der Waals surface area contributed by atoms with E-state index in [-0.39, 0.29) is 12.0 Å². The van der Waals surface area contributed by atoms with E-state index in [1.54, 1.807) is 7.11 Å². The first kappa shape index (κ1) is 14.4. The van der Waals surface area contributed by atoms with Crippen LogP contribution < -0.4 is 15.4 Å². The molecule has 1 heterocycles. The van der Waals surface area contributed by atoms with Crippen LogP contribution >= 0.6 is 0 Å². The molecule has 0 aliphatic rings. The van der Waals surface area contributed by atoms with Gasteiger partial charge in [-0.3, -0.25) is 0 Å². The molecule has 0 spiro atoms. The van der Waals surface area contributed by atoms with Gasteiger partial charge in [-0.1, -0.05) is 6.92 Å². The molecule has 1 rings (SSSR count). The standard InChI is InChI=1S/C11H21N5O2/c1-4-7-18-11-14-9(12)13-10(15-11)16(2)6-5-8-17-3/h4-8H2,1-3H3,(H2,12,13,14,15). The summed E-state index contributed by atoms with van der Waals surface area (Å²) in [7, 11) is 3.58. The summed E-state index contributed by atoms with van der Waals surface area (Å²) in [5.74, 6) is 0.689. The van der Waals surface area contributed by atoms with Crippen molar-refractivity contribution in [3.05, 3.63) is 0 Å². The highest BCUT2D eigenvalue weighted by molar-refractivity contribution is 5.34. The van der Waals surface area contributed by atoms with Crippen LogP contribution in [0.25, 0.3) is 0 Å². The highest BCUT2D eigenvalue weighted by atomic mass is 16.5. The van der Waals surface area contributed by atoms with Crippen molar-refractivity contribution in [3.63, 3.8) is 0 Å². The van der Waals surface area contributed by atoms with Crippen molar-refractivity contribution in [2.75, 3.05) is 44.5 Å². The molecule has 0 amide bonds. The number of aromatic nitrogens is 3. The van der Waals surface area contributed by atoms with Crippen molar-refractivity contribution >= 4 is 11.9 Å². The van der Waals surface area contributed by atoms with Gasteiger partial charge in [0.1, 0.15) is 0 Å². The first-order chi connectivity index (χ1) is 8.67. The molecule has 2 N–H and O–H groups in total. The van der Waals surface area contributed by atoms with Crippen molar-refractivity contribution in [2.45, 2.75) is 19.8 Å². The Balaban J connectivity index is 2.65. The monoisotopic (exact) mass is 255 g/mol. The number of methoxy groups -OCH3 is 1. The van der Waals surface area contributed by atoms with Gasteiger partial charge in [0, 0.05) is 27.3 Å². The van der Waals surface area contributed by atoms with Gasteiger partial charge in [0.25, 0.3) is 0 Å². The van der Waals surface area contributed by atoms with Gasteiger partial charge in [0.2, 0.25) is 11.9 Å². The maximum Gasteiger partial charge on any atom is 0.323 e. The molecule has 0 aromatic carbocycles. The Labute approximate surface area is 107 Å². The minimum atomic E-state index is 0.171. The third kappa shape index (κ3) is 4.70. The first-order valence-corrected chi connectivity index (χ1v) is 6.01. The lowest BCUT2D eigenvalue weighted by Crippen LogP contribution is -2.23. The molecule has 0 saturated heterocycles. The number of nitrogen functional groups attached to an aromatic ring is 1. The van der Waals surface area contributed by atoms with Crippen LogP contribution in [0.3, 0.4) is 0 Å². The minimum absolute atomic E-state index is 0.171. The van der Waals surface area contributed by atoms with Crippen LogP contribution in [0.5, 0.6) is 6.01 Å². The molecule has 0 aliphatic heterocycles. The van der Waals surface area contributed by atoms with E-state index in [1.165, 1.54) is 0 Å². The number of anilines is 2. The van der Waals surface area contributed by atoms with E-state index in [2.05, 4.69) is 15.0 Å². The fourth-order valence-corrected chi connectivity index (χ4v) is 1.34. The summed E-state index contributed by atoms with van der Waals surface area (Å²) in [6.45, 7) is 4.06. The summed E-state index contributed by atoms with van der Waals surface area (Å²) in [4.78, 5) is 14.1. The average Bonchev–Trinajstić information content (AvgIpc) is 2.36. The number of hydrogen-bond donors (Lipinski definition) is 1. The van der Waals surface area contributed by atoms with E-state index in [0.29, 0.717) is 19.2 Å². The summed E-state index contributed by atoms with van der Waals surface area (Å²) in [5.41, 5.74) is 5.63. The summed E-state index contributed by atoms with van der Waals surface area (Å²) in [6.07, 6.45) is 1.79. The Bertz CT molecular complexity index is 361. The molecule has 102 valence electrons. The quantitative estimate of drug-likeness (QED) is 0.685. The molecule has 0 atom stereocenters. The van der Waals surface area contributed by atoms with Crippen LogP contribution in [0.15, 0.2) is 0 Å². The average molecular weight is 255 g/mol. The fourth-order valence-electron chi connectivity index (χ4n) is 1.34. The molecular formula is C11H21N5O2. The van der Waals surface area contributed by atoms with Crippen LogP contribution in [-0.2, 0) is 4.74 Å². The number of nitrogens with zero attached hydrogens (tertiary/aromatic N) is 4. The van der Waals surface area contributed by atoms with Crippen molar-refractivity contribution in [3.8, 4) is 6.01 Å². The Morgan fingerprint density at radius 1 is 1.22 bits per heavy atom. The van der Waals surface area contributed by atoms with Crippen molar-refractivity contribution < 1.29 is 9.47 Å². The molecule has 0 radical (unpaired) electrons. The molecule has 0 bridgehead atoms. The molecule has 0 fully saturated rings. The van der Waals surface area contributed by atoms with Crippen molar-refractivity contribution in [2.24, 2.45) is 0 Å². The Kier molecular flexibility index (Phi) is 6.13. The second-order valence-corrected chi connectivity index (χ2v) is 3.89. The molecular weight excluding hydrogens is 234 g/mol. The van der Waals surface area contributed by atoms with Crippen molar-refractivity contribution in [1.82, 2.24) is 15.0 Å². The summed E-state index contributed by atoms with van der Waals surface area (Å²) >= 11 is 0. The van der Waals surface area contributed by atoms with Crippen LogP contribution in [0.1, 0.15) is 19.8 Å². The second kappa shape index (κ2) is 7.65. The number of ether oxygens (including phenoxy) is 2. The van der Waals surface area contributed by atoms with Gasteiger partial charge in [0.15, 0.2) is 0 Å². The zero-order valence-corrected chi connectivity index (χ0v) is 11.2. The smallest absolute Gasteiger partial charge is 0.323 e. The summed E-state index contributed by atoms with van der Waals surface area (Å²) in [5, 5.41) is 0. The van der Waals surface area contributed by atoms with Crippen LogP contribution in [0.4, 0.5) is 11.9 Å². The third-order valence-electron chi connectivity index (χ3n) is 2.24. The van der Waals surface area contributed by atoms with E-state index in [4.69, 9.17) is 15.2 Å². The molecule has 0 aliphatic carbocycles. The van der Waals surface area contributed by atoms with Gasteiger partial charge in [0.05, 0.1) is 6.61 Å². The molecule has 1 aromatic heterocycles. The van der Waals surface area contributed by atoms with E-state index in [0.717, 1.165) is 19.4 Å². The highest BCUT2D eigenvalue weighted by Gasteiger charge is 2.09. The topological polar surface area (TPSA) is 86.4 Å². The summed E-state index contributed by atoms with van der Waals surface area (Å²) in [6, 6.07) is 0.276. The zero-order chi connectivity index (χ0) is 13.4. The van der Waals surface area contributed by atoms with Crippen molar-refractivity contribution in [1.29, 1.82) is 0 Å². The Hall–Kier alpha value is -1.63. The molecule has 7 heteroatoms. The van der Waals surface area contributed by atoms with E-state index in [9.17, 15) is 0 Å². The normalized spacial score (nSPS) is 10.4. The largest absolute Gasteiger partial charge is 0.463 e. The predicted molar refractivity (Wildman–Crippen MR) is 69.8 cm³/mol. The van der Waals surface area contributed by atoms with Gasteiger partial charge in [-0.05, 0) is 12.8 Å². The zero-order valence-electron chi connectivity index (χ0n) is 11.2. The molecule has 0 saturated carbocycles. The maximum absolute atomic E-state index is 5.63. The molecule has 0 unspecified atom stereocenters. The van der Waals surface area contributed by atoms with Gasteiger partial charge < -0.3 is 20.1 Å². The number of rotatable bonds is 8. The molecule has 1 aromatic rings. The lowest BCUT2D eigenvalue weighted by atomic mass is 10.4. The van der Waals surface area contributed by atoms with E-state index < -0.39 is 0 Å². The highest BCUT2D eigenvalue weighted by Crippen LogP contribution is 2.12. The van der Waals surface area contributed by atoms with E-state index in [1.807, 2.05) is 18.9 Å². The van der Waals surface area contributed by atoms with E-state index >= 15 is 0 Å². The molecule has 18 heavy (non-hydrogen) atoms. The van der Waals surface area contributed by atoms with Crippen LogP contribution in [0, 0.1) is 0 Å². The summed E-state index contributed by atoms with van der Waals surface area (Å²) < 4.78 is 10.4. The maximum atomic E-state index is 5.63.